The van der Waals surface area contributed by atoms with Crippen LogP contribution in [-0.2, 0) is 5.41 Å². The summed E-state index contributed by atoms with van der Waals surface area (Å²) in [5.74, 6) is 0. The van der Waals surface area contributed by atoms with E-state index in [-0.39, 0.29) is 17.6 Å². The molecule has 1 unspecified atom stereocenters. The van der Waals surface area contributed by atoms with Gasteiger partial charge in [-0.25, -0.2) is 4.79 Å². The van der Waals surface area contributed by atoms with Crippen LogP contribution in [0.3, 0.4) is 0 Å². The van der Waals surface area contributed by atoms with E-state index >= 15 is 0 Å². The highest BCUT2D eigenvalue weighted by atomic mass is 32.1. The van der Waals surface area contributed by atoms with Crippen LogP contribution in [-0.4, -0.2) is 47.4 Å². The van der Waals surface area contributed by atoms with Gasteiger partial charge in [0.05, 0.1) is 6.54 Å². The molecule has 6 nitrogen and oxygen atoms in total. The predicted octanol–water partition coefficient (Wildman–Crippen LogP) is 4.37. The van der Waals surface area contributed by atoms with Crippen molar-refractivity contribution in [3.63, 3.8) is 0 Å². The van der Waals surface area contributed by atoms with Crippen molar-refractivity contribution in [3.05, 3.63) is 5.01 Å². The molecule has 1 aromatic rings. The Morgan fingerprint density at radius 1 is 1.12 bits per heavy atom. The summed E-state index contributed by atoms with van der Waals surface area (Å²) in [6, 6.07) is -0.00123. The summed E-state index contributed by atoms with van der Waals surface area (Å²) >= 11 is 1.52. The second-order valence-corrected chi connectivity index (χ2v) is 9.22. The number of nitrogens with zero attached hydrogens (tertiary/aromatic N) is 4. The number of unbranched alkanes of at least 4 members (excludes halogenated alkanes) is 6. The molecule has 1 aromatic heterocycles. The van der Waals surface area contributed by atoms with Crippen LogP contribution in [0.15, 0.2) is 0 Å². The zero-order valence-corrected chi connectivity index (χ0v) is 17.9. The maximum atomic E-state index is 12.6. The topological polar surface area (TPSA) is 61.4 Å². The smallest absolute Gasteiger partial charge is 0.324 e. The Bertz CT molecular complexity index is 569. The normalized spacial score (nSPS) is 18.2. The van der Waals surface area contributed by atoms with Crippen LogP contribution >= 0.6 is 11.3 Å². The van der Waals surface area contributed by atoms with Crippen LogP contribution in [0.2, 0.25) is 0 Å². The standard InChI is InChI=1S/C19H35N5OS/c1-6-7-8-9-10-11-12-13-20-15-14-23(5)18(25)24(15)17-22-21-16(26-17)19(2,3)4/h15,20H,6-14H2,1-5H3. The third kappa shape index (κ3) is 5.64. The zero-order chi connectivity index (χ0) is 19.2. The molecule has 7 heteroatoms. The van der Waals surface area contributed by atoms with Crippen LogP contribution in [0.25, 0.3) is 0 Å². The number of carbonyl (C=O) groups is 1. The molecule has 0 bridgehead atoms. The van der Waals surface area contributed by atoms with E-state index in [2.05, 4.69) is 43.2 Å². The van der Waals surface area contributed by atoms with Gasteiger partial charge in [0.15, 0.2) is 0 Å². The van der Waals surface area contributed by atoms with E-state index in [1.165, 1.54) is 49.9 Å². The molecule has 0 aliphatic carbocycles. The number of nitrogens with one attached hydrogen (secondary N) is 1. The molecule has 0 radical (unpaired) electrons. The monoisotopic (exact) mass is 381 g/mol. The molecule has 1 aliphatic rings. The van der Waals surface area contributed by atoms with Gasteiger partial charge in [-0.2, -0.15) is 0 Å². The Morgan fingerprint density at radius 2 is 1.77 bits per heavy atom. The van der Waals surface area contributed by atoms with E-state index in [4.69, 9.17) is 0 Å². The minimum absolute atomic E-state index is 0.00123. The summed E-state index contributed by atoms with van der Waals surface area (Å²) in [7, 11) is 1.84. The number of anilines is 1. The summed E-state index contributed by atoms with van der Waals surface area (Å²) in [5.41, 5.74) is -0.0503. The second kappa shape index (κ2) is 9.65. The van der Waals surface area contributed by atoms with Crippen molar-refractivity contribution in [1.82, 2.24) is 20.4 Å². The van der Waals surface area contributed by atoms with Gasteiger partial charge in [0.1, 0.15) is 11.2 Å². The van der Waals surface area contributed by atoms with Gasteiger partial charge in [0, 0.05) is 12.5 Å². The molecule has 1 atom stereocenters. The lowest BCUT2D eigenvalue weighted by Crippen LogP contribution is -2.44. The third-order valence-electron chi connectivity index (χ3n) is 4.71. The lowest BCUT2D eigenvalue weighted by atomic mass is 9.98. The molecule has 2 amide bonds. The average Bonchev–Trinajstić information content (AvgIpc) is 3.16. The highest BCUT2D eigenvalue weighted by Crippen LogP contribution is 2.32. The fraction of sp³-hybridized carbons (Fsp3) is 0.842. The predicted molar refractivity (Wildman–Crippen MR) is 109 cm³/mol. The van der Waals surface area contributed by atoms with Crippen molar-refractivity contribution >= 4 is 22.5 Å². The zero-order valence-electron chi connectivity index (χ0n) is 17.0. The number of rotatable bonds is 10. The van der Waals surface area contributed by atoms with Crippen molar-refractivity contribution in [2.24, 2.45) is 0 Å². The Balaban J connectivity index is 1.85. The van der Waals surface area contributed by atoms with Crippen LogP contribution in [0.4, 0.5) is 9.93 Å². The molecule has 0 aromatic carbocycles. The van der Waals surface area contributed by atoms with E-state index in [9.17, 15) is 4.79 Å². The molecule has 1 aliphatic heterocycles. The van der Waals surface area contributed by atoms with Crippen LogP contribution in [0, 0.1) is 0 Å². The Morgan fingerprint density at radius 3 is 2.38 bits per heavy atom. The number of urea groups is 1. The van der Waals surface area contributed by atoms with Gasteiger partial charge >= 0.3 is 6.03 Å². The first kappa shape index (κ1) is 21.1. The maximum Gasteiger partial charge on any atom is 0.327 e. The average molecular weight is 382 g/mol. The first-order valence-corrected chi connectivity index (χ1v) is 10.8. The van der Waals surface area contributed by atoms with E-state index in [0.29, 0.717) is 11.7 Å². The van der Waals surface area contributed by atoms with Gasteiger partial charge in [0.25, 0.3) is 0 Å². The summed E-state index contributed by atoms with van der Waals surface area (Å²) in [5, 5.41) is 13.8. The van der Waals surface area contributed by atoms with Gasteiger partial charge in [0.2, 0.25) is 5.13 Å². The third-order valence-corrected chi connectivity index (χ3v) is 6.06. The maximum absolute atomic E-state index is 12.6. The minimum Gasteiger partial charge on any atom is -0.324 e. The number of likely N-dealkylation sites (N-methyl/N-ethyl adjacent to an activating group) is 1. The number of hydrogen-bond donors (Lipinski definition) is 1. The van der Waals surface area contributed by atoms with Crippen molar-refractivity contribution in [2.75, 3.05) is 25.0 Å². The summed E-state index contributed by atoms with van der Waals surface area (Å²) in [6.07, 6.45) is 9.02. The lowest BCUT2D eigenvalue weighted by Gasteiger charge is -2.21. The molecule has 26 heavy (non-hydrogen) atoms. The largest absolute Gasteiger partial charge is 0.327 e. The number of amides is 2. The quantitative estimate of drug-likeness (QED) is 0.611. The molecule has 1 saturated heterocycles. The minimum atomic E-state index is -0.0503. The fourth-order valence-corrected chi connectivity index (χ4v) is 4.02. The molecule has 1 fully saturated rings. The number of carbonyl (C=O) groups excluding carboxylic acids is 1. The molecule has 0 saturated carbocycles. The van der Waals surface area contributed by atoms with Gasteiger partial charge in [-0.1, -0.05) is 77.6 Å². The Kier molecular flexibility index (Phi) is 7.83. The van der Waals surface area contributed by atoms with Crippen LogP contribution in [0.1, 0.15) is 77.6 Å². The van der Waals surface area contributed by atoms with Gasteiger partial charge in [-0.3, -0.25) is 10.2 Å². The molecule has 2 rings (SSSR count). The molecule has 0 spiro atoms. The molecule has 148 valence electrons. The van der Waals surface area contributed by atoms with E-state index in [1.807, 2.05) is 7.05 Å². The molecule has 2 heterocycles. The number of hydrogen-bond acceptors (Lipinski definition) is 5. The van der Waals surface area contributed by atoms with Crippen molar-refractivity contribution in [2.45, 2.75) is 84.2 Å². The lowest BCUT2D eigenvalue weighted by molar-refractivity contribution is 0.229. The number of aromatic nitrogens is 2. The van der Waals surface area contributed by atoms with Gasteiger partial charge in [-0.05, 0) is 13.0 Å². The van der Waals surface area contributed by atoms with E-state index in [0.717, 1.165) is 18.0 Å². The fourth-order valence-electron chi connectivity index (χ4n) is 3.07. The summed E-state index contributed by atoms with van der Waals surface area (Å²) < 4.78 is 0. The van der Waals surface area contributed by atoms with Crippen LogP contribution < -0.4 is 10.2 Å². The highest BCUT2D eigenvalue weighted by Gasteiger charge is 2.38. The van der Waals surface area contributed by atoms with Crippen molar-refractivity contribution in [3.8, 4) is 0 Å². The molecular formula is C19H35N5OS. The Labute approximate surface area is 162 Å². The Hall–Kier alpha value is -1.21. The van der Waals surface area contributed by atoms with Crippen molar-refractivity contribution in [1.29, 1.82) is 0 Å². The SMILES string of the molecule is CCCCCCCCCNC1CN(C)C(=O)N1c1nnc(C(C)(C)C)s1. The molecular weight excluding hydrogens is 346 g/mol. The van der Waals surface area contributed by atoms with Gasteiger partial charge < -0.3 is 4.90 Å². The van der Waals surface area contributed by atoms with E-state index in [1.54, 1.807) is 9.80 Å². The van der Waals surface area contributed by atoms with Crippen LogP contribution in [0.5, 0.6) is 0 Å². The highest BCUT2D eigenvalue weighted by molar-refractivity contribution is 7.15. The second-order valence-electron chi connectivity index (χ2n) is 8.26. The van der Waals surface area contributed by atoms with Gasteiger partial charge in [-0.15, -0.1) is 10.2 Å². The van der Waals surface area contributed by atoms with Crippen molar-refractivity contribution < 1.29 is 4.79 Å². The first-order valence-electron chi connectivity index (χ1n) is 9.96. The summed E-state index contributed by atoms with van der Waals surface area (Å²) in [6.45, 7) is 10.2. The summed E-state index contributed by atoms with van der Waals surface area (Å²) in [4.78, 5) is 16.1. The molecule has 1 N–H and O–H groups in total. The van der Waals surface area contributed by atoms with E-state index < -0.39 is 0 Å². The first-order chi connectivity index (χ1) is 12.3.